The van der Waals surface area contributed by atoms with Gasteiger partial charge in [-0.25, -0.2) is 0 Å². The van der Waals surface area contributed by atoms with Crippen molar-refractivity contribution in [3.05, 3.63) is 20.3 Å². The zero-order valence-electron chi connectivity index (χ0n) is 11.7. The monoisotopic (exact) mass is 329 g/mol. The molecule has 1 aromatic heterocycles. The van der Waals surface area contributed by atoms with Gasteiger partial charge in [0.1, 0.15) is 0 Å². The summed E-state index contributed by atoms with van der Waals surface area (Å²) in [6.07, 6.45) is 6.92. The quantitative estimate of drug-likeness (QED) is 0.775. The normalized spacial score (nSPS) is 20.9. The summed E-state index contributed by atoms with van der Waals surface area (Å²) in [6.45, 7) is 7.94. The highest BCUT2D eigenvalue weighted by molar-refractivity contribution is 9.10. The van der Waals surface area contributed by atoms with Crippen LogP contribution in [-0.2, 0) is 0 Å². The highest BCUT2D eigenvalue weighted by atomic mass is 79.9. The largest absolute Gasteiger partial charge is 0.309 e. The van der Waals surface area contributed by atoms with Gasteiger partial charge in [0.25, 0.3) is 0 Å². The maximum Gasteiger partial charge on any atom is 0.0469 e. The molecule has 1 unspecified atom stereocenters. The predicted molar refractivity (Wildman–Crippen MR) is 84.4 cm³/mol. The van der Waals surface area contributed by atoms with Gasteiger partial charge in [0.15, 0.2) is 0 Å². The molecule has 0 aliphatic heterocycles. The second kappa shape index (κ2) is 6.06. The van der Waals surface area contributed by atoms with E-state index in [9.17, 15) is 0 Å². The van der Waals surface area contributed by atoms with Gasteiger partial charge in [-0.15, -0.1) is 11.3 Å². The lowest BCUT2D eigenvalue weighted by Gasteiger charge is -2.41. The van der Waals surface area contributed by atoms with Gasteiger partial charge < -0.3 is 5.32 Å². The fourth-order valence-corrected chi connectivity index (χ4v) is 4.98. The van der Waals surface area contributed by atoms with Crippen LogP contribution < -0.4 is 5.32 Å². The maximum absolute atomic E-state index is 3.74. The van der Waals surface area contributed by atoms with Gasteiger partial charge in [0.2, 0.25) is 0 Å². The molecule has 1 saturated carbocycles. The summed E-state index contributed by atoms with van der Waals surface area (Å²) in [5.41, 5.74) is 0.436. The lowest BCUT2D eigenvalue weighted by molar-refractivity contribution is 0.148. The Labute approximate surface area is 123 Å². The summed E-state index contributed by atoms with van der Waals surface area (Å²) >= 11 is 5.60. The molecule has 0 amide bonds. The van der Waals surface area contributed by atoms with Crippen molar-refractivity contribution in [3.63, 3.8) is 0 Å². The molecular weight excluding hydrogens is 306 g/mol. The van der Waals surface area contributed by atoms with Gasteiger partial charge in [-0.3, -0.25) is 0 Å². The molecule has 1 aromatic rings. The van der Waals surface area contributed by atoms with Crippen molar-refractivity contribution >= 4 is 27.3 Å². The van der Waals surface area contributed by atoms with Gasteiger partial charge in [0, 0.05) is 20.3 Å². The molecule has 1 fully saturated rings. The number of nitrogens with one attached hydrogen (secondary N) is 1. The molecule has 2 rings (SSSR count). The number of hydrogen-bond acceptors (Lipinski definition) is 2. The van der Waals surface area contributed by atoms with Crippen LogP contribution in [0.5, 0.6) is 0 Å². The van der Waals surface area contributed by atoms with E-state index in [0.717, 1.165) is 6.54 Å². The molecule has 0 bridgehead atoms. The number of rotatable bonds is 4. The van der Waals surface area contributed by atoms with E-state index in [4.69, 9.17) is 0 Å². The van der Waals surface area contributed by atoms with Crippen molar-refractivity contribution in [2.45, 2.75) is 58.9 Å². The Morgan fingerprint density at radius 1 is 1.39 bits per heavy atom. The van der Waals surface area contributed by atoms with Crippen LogP contribution in [0.3, 0.4) is 0 Å². The van der Waals surface area contributed by atoms with Crippen molar-refractivity contribution in [2.24, 2.45) is 5.41 Å². The Morgan fingerprint density at radius 2 is 2.06 bits per heavy atom. The van der Waals surface area contributed by atoms with Crippen LogP contribution in [-0.4, -0.2) is 6.54 Å². The van der Waals surface area contributed by atoms with Gasteiger partial charge in [0.05, 0.1) is 0 Å². The smallest absolute Gasteiger partial charge is 0.0469 e. The number of halogens is 1. The van der Waals surface area contributed by atoms with E-state index < -0.39 is 0 Å². The highest BCUT2D eigenvalue weighted by Gasteiger charge is 2.36. The van der Waals surface area contributed by atoms with Crippen molar-refractivity contribution in [2.75, 3.05) is 6.54 Å². The van der Waals surface area contributed by atoms with Crippen LogP contribution in [0.4, 0.5) is 0 Å². The molecule has 1 heterocycles. The Kier molecular flexibility index (Phi) is 4.90. The molecule has 3 heteroatoms. The van der Waals surface area contributed by atoms with Gasteiger partial charge >= 0.3 is 0 Å². The van der Waals surface area contributed by atoms with Gasteiger partial charge in [-0.2, -0.15) is 0 Å². The van der Waals surface area contributed by atoms with Gasteiger partial charge in [-0.05, 0) is 53.7 Å². The number of aryl methyl sites for hydroxylation is 1. The van der Waals surface area contributed by atoms with Gasteiger partial charge in [-0.1, -0.05) is 33.1 Å². The Balaban J connectivity index is 2.26. The van der Waals surface area contributed by atoms with E-state index in [1.165, 1.54) is 46.3 Å². The second-order valence-corrected chi connectivity index (χ2v) is 7.90. The molecule has 0 saturated heterocycles. The lowest BCUT2D eigenvalue weighted by atomic mass is 9.70. The standard InChI is InChI=1S/C15H24BrNS/c1-4-17-14(13-10-12(16)11(2)18-13)15(3)8-6-5-7-9-15/h10,14,17H,4-9H2,1-3H3. The second-order valence-electron chi connectivity index (χ2n) is 5.76. The molecule has 102 valence electrons. The lowest BCUT2D eigenvalue weighted by Crippen LogP contribution is -2.37. The first kappa shape index (κ1) is 14.5. The fraction of sp³-hybridized carbons (Fsp3) is 0.733. The molecule has 1 N–H and O–H groups in total. The molecule has 0 spiro atoms. The minimum atomic E-state index is 0.436. The van der Waals surface area contributed by atoms with E-state index in [2.05, 4.69) is 48.1 Å². The molecule has 1 nitrogen and oxygen atoms in total. The highest BCUT2D eigenvalue weighted by Crippen LogP contribution is 2.47. The minimum Gasteiger partial charge on any atom is -0.309 e. The summed E-state index contributed by atoms with van der Waals surface area (Å²) < 4.78 is 1.27. The summed E-state index contributed by atoms with van der Waals surface area (Å²) in [6, 6.07) is 2.85. The molecule has 1 atom stereocenters. The first-order valence-corrected chi connectivity index (χ1v) is 8.67. The first-order valence-electron chi connectivity index (χ1n) is 7.06. The Hall–Kier alpha value is 0.140. The van der Waals surface area contributed by atoms with Crippen molar-refractivity contribution in [1.82, 2.24) is 5.32 Å². The third-order valence-electron chi connectivity index (χ3n) is 4.26. The van der Waals surface area contributed by atoms with E-state index in [-0.39, 0.29) is 0 Å². The third kappa shape index (κ3) is 3.00. The Morgan fingerprint density at radius 3 is 2.56 bits per heavy atom. The van der Waals surface area contributed by atoms with Crippen LogP contribution in [0.15, 0.2) is 10.5 Å². The van der Waals surface area contributed by atoms with Crippen LogP contribution in [0.2, 0.25) is 0 Å². The predicted octanol–water partition coefficient (Wildman–Crippen LogP) is 5.44. The average molecular weight is 330 g/mol. The first-order chi connectivity index (χ1) is 8.57. The zero-order valence-corrected chi connectivity index (χ0v) is 14.1. The van der Waals surface area contributed by atoms with E-state index in [0.29, 0.717) is 11.5 Å². The minimum absolute atomic E-state index is 0.436. The van der Waals surface area contributed by atoms with Crippen molar-refractivity contribution < 1.29 is 0 Å². The molecular formula is C15H24BrNS. The Bertz CT molecular complexity index is 374. The number of hydrogen-bond donors (Lipinski definition) is 1. The summed E-state index contributed by atoms with van der Waals surface area (Å²) in [5, 5.41) is 3.74. The zero-order chi connectivity index (χ0) is 13.2. The average Bonchev–Trinajstić information content (AvgIpc) is 2.67. The van der Waals surface area contributed by atoms with E-state index in [1.54, 1.807) is 0 Å². The molecule has 0 aromatic carbocycles. The van der Waals surface area contributed by atoms with Crippen LogP contribution in [0.1, 0.15) is 61.7 Å². The van der Waals surface area contributed by atoms with Crippen molar-refractivity contribution in [3.8, 4) is 0 Å². The SMILES string of the molecule is CCNC(c1cc(Br)c(C)s1)C1(C)CCCCC1. The molecule has 1 aliphatic rings. The molecule has 0 radical (unpaired) electrons. The van der Waals surface area contributed by atoms with Crippen LogP contribution >= 0.6 is 27.3 Å². The number of thiophene rings is 1. The topological polar surface area (TPSA) is 12.0 Å². The van der Waals surface area contributed by atoms with Crippen molar-refractivity contribution in [1.29, 1.82) is 0 Å². The maximum atomic E-state index is 3.74. The summed E-state index contributed by atoms with van der Waals surface area (Å²) in [5.74, 6) is 0. The third-order valence-corrected chi connectivity index (χ3v) is 6.46. The molecule has 18 heavy (non-hydrogen) atoms. The summed E-state index contributed by atoms with van der Waals surface area (Å²) in [4.78, 5) is 2.90. The van der Waals surface area contributed by atoms with Crippen LogP contribution in [0, 0.1) is 12.3 Å². The van der Waals surface area contributed by atoms with E-state index in [1.807, 2.05) is 11.3 Å². The van der Waals surface area contributed by atoms with E-state index >= 15 is 0 Å². The fourth-order valence-electron chi connectivity index (χ4n) is 3.17. The van der Waals surface area contributed by atoms with Crippen LogP contribution in [0.25, 0.3) is 0 Å². The summed E-state index contributed by atoms with van der Waals surface area (Å²) in [7, 11) is 0. The molecule has 1 aliphatic carbocycles.